The Morgan fingerprint density at radius 1 is 1.16 bits per heavy atom. The molecule has 0 amide bonds. The van der Waals surface area contributed by atoms with Crippen molar-refractivity contribution in [3.8, 4) is 0 Å². The van der Waals surface area contributed by atoms with Gasteiger partial charge in [-0.3, -0.25) is 0 Å². The van der Waals surface area contributed by atoms with Crippen LogP contribution in [0.4, 0.5) is 0 Å². The topological polar surface area (TPSA) is 35.5 Å². The Morgan fingerprint density at radius 3 is 2.52 bits per heavy atom. The SMILES string of the molecule is CC1(CCN2CCNCC2)CCCCC1(O)c1cccc(Cl)c1.Cl.Cl. The number of benzene rings is 1. The number of piperazine rings is 1. The van der Waals surface area contributed by atoms with Gasteiger partial charge in [0.05, 0.1) is 5.60 Å². The first-order chi connectivity index (χ1) is 11.0. The van der Waals surface area contributed by atoms with Crippen molar-refractivity contribution in [1.82, 2.24) is 10.2 Å². The van der Waals surface area contributed by atoms with Crippen LogP contribution >= 0.6 is 36.4 Å². The van der Waals surface area contributed by atoms with Crippen molar-refractivity contribution in [3.63, 3.8) is 0 Å². The first kappa shape index (κ1) is 23.0. The molecule has 3 nitrogen and oxygen atoms in total. The largest absolute Gasteiger partial charge is 0.385 e. The molecule has 2 atom stereocenters. The van der Waals surface area contributed by atoms with E-state index in [4.69, 9.17) is 11.6 Å². The molecule has 144 valence electrons. The summed E-state index contributed by atoms with van der Waals surface area (Å²) in [6.07, 6.45) is 5.26. The van der Waals surface area contributed by atoms with Gasteiger partial charge in [0.15, 0.2) is 0 Å². The first-order valence-electron chi connectivity index (χ1n) is 8.95. The zero-order valence-electron chi connectivity index (χ0n) is 15.0. The number of aliphatic hydroxyl groups is 1. The molecule has 1 aromatic carbocycles. The van der Waals surface area contributed by atoms with E-state index >= 15 is 0 Å². The molecular formula is C19H31Cl3N2O. The molecule has 1 heterocycles. The van der Waals surface area contributed by atoms with E-state index in [-0.39, 0.29) is 30.2 Å². The summed E-state index contributed by atoms with van der Waals surface area (Å²) in [7, 11) is 0. The van der Waals surface area contributed by atoms with Crippen molar-refractivity contribution in [2.24, 2.45) is 5.41 Å². The van der Waals surface area contributed by atoms with Gasteiger partial charge in [-0.05, 0) is 43.5 Å². The summed E-state index contributed by atoms with van der Waals surface area (Å²) in [5.41, 5.74) is 0.151. The van der Waals surface area contributed by atoms with Gasteiger partial charge >= 0.3 is 0 Å². The molecule has 3 rings (SSSR count). The standard InChI is InChI=1S/C19H29ClN2O.2ClH/c1-18(9-12-22-13-10-21-11-14-22)7-2-3-8-19(18,23)16-5-4-6-17(20)15-16;;/h4-6,15,21,23H,2-3,7-14H2,1H3;2*1H. The number of hydrogen-bond donors (Lipinski definition) is 2. The van der Waals surface area contributed by atoms with Crippen molar-refractivity contribution in [2.75, 3.05) is 32.7 Å². The van der Waals surface area contributed by atoms with Crippen molar-refractivity contribution >= 4 is 36.4 Å². The lowest BCUT2D eigenvalue weighted by atomic mass is 9.60. The third kappa shape index (κ3) is 5.03. The number of halogens is 3. The fourth-order valence-corrected chi connectivity index (χ4v) is 4.50. The second-order valence-electron chi connectivity index (χ2n) is 7.48. The van der Waals surface area contributed by atoms with E-state index in [1.165, 1.54) is 6.42 Å². The van der Waals surface area contributed by atoms with E-state index in [0.29, 0.717) is 5.02 Å². The molecule has 1 saturated heterocycles. The van der Waals surface area contributed by atoms with Gasteiger partial charge in [-0.2, -0.15) is 0 Å². The van der Waals surface area contributed by atoms with Crippen LogP contribution < -0.4 is 5.32 Å². The lowest BCUT2D eigenvalue weighted by Crippen LogP contribution is -2.50. The summed E-state index contributed by atoms with van der Waals surface area (Å²) in [5, 5.41) is 15.7. The van der Waals surface area contributed by atoms with E-state index in [2.05, 4.69) is 17.1 Å². The van der Waals surface area contributed by atoms with Crippen LogP contribution in [-0.2, 0) is 5.60 Å². The maximum Gasteiger partial charge on any atom is 0.0950 e. The van der Waals surface area contributed by atoms with E-state index in [1.807, 2.05) is 24.3 Å². The van der Waals surface area contributed by atoms with E-state index in [1.54, 1.807) is 0 Å². The van der Waals surface area contributed by atoms with E-state index in [9.17, 15) is 5.11 Å². The molecule has 1 aromatic rings. The Labute approximate surface area is 169 Å². The molecule has 6 heteroatoms. The molecule has 2 N–H and O–H groups in total. The smallest absolute Gasteiger partial charge is 0.0950 e. The third-order valence-corrected chi connectivity index (χ3v) is 6.24. The van der Waals surface area contributed by atoms with Crippen molar-refractivity contribution < 1.29 is 5.11 Å². The molecule has 2 aliphatic rings. The summed E-state index contributed by atoms with van der Waals surface area (Å²) < 4.78 is 0. The van der Waals surface area contributed by atoms with Gasteiger partial charge < -0.3 is 15.3 Å². The fraction of sp³-hybridized carbons (Fsp3) is 0.684. The summed E-state index contributed by atoms with van der Waals surface area (Å²) in [6.45, 7) is 7.73. The van der Waals surface area contributed by atoms with Crippen molar-refractivity contribution in [2.45, 2.75) is 44.6 Å². The average Bonchev–Trinajstić information content (AvgIpc) is 2.57. The highest BCUT2D eigenvalue weighted by molar-refractivity contribution is 6.30. The highest BCUT2D eigenvalue weighted by Crippen LogP contribution is 2.52. The molecule has 2 unspecified atom stereocenters. The quantitative estimate of drug-likeness (QED) is 0.780. The maximum atomic E-state index is 11.6. The van der Waals surface area contributed by atoms with Gasteiger partial charge in [-0.25, -0.2) is 0 Å². The molecule has 1 saturated carbocycles. The maximum absolute atomic E-state index is 11.6. The number of nitrogens with zero attached hydrogens (tertiary/aromatic N) is 1. The Hall–Kier alpha value is -0.0300. The summed E-state index contributed by atoms with van der Waals surface area (Å²) in [4.78, 5) is 2.52. The molecule has 0 aromatic heterocycles. The van der Waals surface area contributed by atoms with Crippen LogP contribution in [0.15, 0.2) is 24.3 Å². The minimum absolute atomic E-state index is 0. The van der Waals surface area contributed by atoms with E-state index < -0.39 is 5.60 Å². The molecular weight excluding hydrogens is 379 g/mol. The number of rotatable bonds is 4. The first-order valence-corrected chi connectivity index (χ1v) is 9.33. The molecule has 1 aliphatic heterocycles. The van der Waals surface area contributed by atoms with Crippen molar-refractivity contribution in [3.05, 3.63) is 34.9 Å². The van der Waals surface area contributed by atoms with Gasteiger partial charge in [-0.15, -0.1) is 24.8 Å². The molecule has 0 radical (unpaired) electrons. The fourth-order valence-electron chi connectivity index (χ4n) is 4.31. The second kappa shape index (κ2) is 9.77. The predicted molar refractivity (Wildman–Crippen MR) is 110 cm³/mol. The van der Waals surface area contributed by atoms with Gasteiger partial charge in [-0.1, -0.05) is 43.5 Å². The molecule has 2 fully saturated rings. The summed E-state index contributed by atoms with van der Waals surface area (Å²) in [5.74, 6) is 0. The Kier molecular flexibility index (Phi) is 9.00. The van der Waals surface area contributed by atoms with E-state index in [0.717, 1.165) is 64.0 Å². The van der Waals surface area contributed by atoms with Gasteiger partial charge in [0, 0.05) is 36.6 Å². The predicted octanol–water partition coefficient (Wildman–Crippen LogP) is 4.25. The summed E-state index contributed by atoms with van der Waals surface area (Å²) >= 11 is 6.19. The monoisotopic (exact) mass is 408 g/mol. The Bertz CT molecular complexity index is 539. The zero-order valence-corrected chi connectivity index (χ0v) is 17.4. The lowest BCUT2D eigenvalue weighted by Gasteiger charge is -2.50. The highest BCUT2D eigenvalue weighted by Gasteiger charge is 2.49. The molecule has 0 bridgehead atoms. The lowest BCUT2D eigenvalue weighted by molar-refractivity contribution is -0.120. The van der Waals surface area contributed by atoms with Crippen LogP contribution in [0.2, 0.25) is 5.02 Å². The average molecular weight is 410 g/mol. The Morgan fingerprint density at radius 2 is 1.84 bits per heavy atom. The molecule has 1 aliphatic carbocycles. The Balaban J connectivity index is 0.00000156. The van der Waals surface area contributed by atoms with Gasteiger partial charge in [0.1, 0.15) is 0 Å². The molecule has 25 heavy (non-hydrogen) atoms. The third-order valence-electron chi connectivity index (χ3n) is 6.01. The minimum atomic E-state index is -0.760. The number of hydrogen-bond acceptors (Lipinski definition) is 3. The van der Waals surface area contributed by atoms with Crippen LogP contribution in [-0.4, -0.2) is 42.7 Å². The van der Waals surface area contributed by atoms with Crippen molar-refractivity contribution in [1.29, 1.82) is 0 Å². The van der Waals surface area contributed by atoms with Crippen LogP contribution in [0.3, 0.4) is 0 Å². The highest BCUT2D eigenvalue weighted by atomic mass is 35.5. The van der Waals surface area contributed by atoms with Crippen LogP contribution in [0, 0.1) is 5.41 Å². The van der Waals surface area contributed by atoms with Crippen LogP contribution in [0.1, 0.15) is 44.6 Å². The zero-order chi connectivity index (χ0) is 16.3. The second-order valence-corrected chi connectivity index (χ2v) is 7.92. The number of nitrogens with one attached hydrogen (secondary N) is 1. The van der Waals surface area contributed by atoms with Gasteiger partial charge in [0.2, 0.25) is 0 Å². The van der Waals surface area contributed by atoms with Crippen LogP contribution in [0.5, 0.6) is 0 Å². The van der Waals surface area contributed by atoms with Gasteiger partial charge in [0.25, 0.3) is 0 Å². The van der Waals surface area contributed by atoms with Crippen LogP contribution in [0.25, 0.3) is 0 Å². The minimum Gasteiger partial charge on any atom is -0.385 e. The normalized spacial score (nSPS) is 30.2. The molecule has 0 spiro atoms. The summed E-state index contributed by atoms with van der Waals surface area (Å²) in [6, 6.07) is 7.84.